The van der Waals surface area contributed by atoms with Crippen molar-refractivity contribution in [3.8, 4) is 0 Å². The fraction of sp³-hybridized carbons (Fsp3) is 0.412. The number of nitrogens with one attached hydrogen (secondary N) is 2. The Kier molecular flexibility index (Phi) is 5.34. The summed E-state index contributed by atoms with van der Waals surface area (Å²) < 4.78 is 37.6. The SMILES string of the molecule is O=C(Nc1ccc(C(F)(F)F)nc1)c1nccnc1NCC1CCCC1. The monoisotopic (exact) mass is 365 g/mol. The highest BCUT2D eigenvalue weighted by Crippen LogP contribution is 2.28. The largest absolute Gasteiger partial charge is 0.433 e. The molecule has 3 rings (SSSR count). The molecule has 0 aromatic carbocycles. The molecular formula is C17H18F3N5O. The molecule has 1 aliphatic rings. The molecular weight excluding hydrogens is 347 g/mol. The van der Waals surface area contributed by atoms with E-state index < -0.39 is 17.8 Å². The van der Waals surface area contributed by atoms with E-state index in [9.17, 15) is 18.0 Å². The molecule has 6 nitrogen and oxygen atoms in total. The zero-order valence-corrected chi connectivity index (χ0v) is 13.9. The predicted octanol–water partition coefficient (Wildman–Crippen LogP) is 3.74. The smallest absolute Gasteiger partial charge is 0.368 e. The molecule has 0 spiro atoms. The van der Waals surface area contributed by atoms with Gasteiger partial charge in [-0.1, -0.05) is 12.8 Å². The zero-order valence-electron chi connectivity index (χ0n) is 13.9. The van der Waals surface area contributed by atoms with Gasteiger partial charge in [0.1, 0.15) is 5.69 Å². The van der Waals surface area contributed by atoms with E-state index in [0.717, 1.165) is 31.2 Å². The molecule has 0 aliphatic heterocycles. The van der Waals surface area contributed by atoms with E-state index in [4.69, 9.17) is 0 Å². The number of amides is 1. The first-order valence-corrected chi connectivity index (χ1v) is 8.33. The van der Waals surface area contributed by atoms with E-state index in [1.165, 1.54) is 25.2 Å². The van der Waals surface area contributed by atoms with Crippen LogP contribution in [0.25, 0.3) is 0 Å². The molecule has 0 radical (unpaired) electrons. The highest BCUT2D eigenvalue weighted by atomic mass is 19.4. The van der Waals surface area contributed by atoms with E-state index in [1.807, 2.05) is 0 Å². The van der Waals surface area contributed by atoms with Crippen molar-refractivity contribution in [2.45, 2.75) is 31.9 Å². The summed E-state index contributed by atoms with van der Waals surface area (Å²) in [5.41, 5.74) is -0.783. The first-order chi connectivity index (χ1) is 12.4. The number of halogens is 3. The topological polar surface area (TPSA) is 79.8 Å². The third kappa shape index (κ3) is 4.47. The molecule has 138 valence electrons. The number of nitrogens with zero attached hydrogens (tertiary/aromatic N) is 3. The molecule has 26 heavy (non-hydrogen) atoms. The van der Waals surface area contributed by atoms with Gasteiger partial charge in [0.25, 0.3) is 5.91 Å². The number of aromatic nitrogens is 3. The summed E-state index contributed by atoms with van der Waals surface area (Å²) in [6.07, 6.45) is 4.02. The predicted molar refractivity (Wildman–Crippen MR) is 89.7 cm³/mol. The summed E-state index contributed by atoms with van der Waals surface area (Å²) in [5, 5.41) is 5.65. The Morgan fingerprint density at radius 1 is 1.12 bits per heavy atom. The van der Waals surface area contributed by atoms with Crippen LogP contribution in [0.5, 0.6) is 0 Å². The van der Waals surface area contributed by atoms with Crippen molar-refractivity contribution in [2.24, 2.45) is 5.92 Å². The average molecular weight is 365 g/mol. The summed E-state index contributed by atoms with van der Waals surface area (Å²) in [7, 11) is 0. The third-order valence-corrected chi connectivity index (χ3v) is 4.26. The van der Waals surface area contributed by atoms with Crippen molar-refractivity contribution >= 4 is 17.4 Å². The van der Waals surface area contributed by atoms with Crippen molar-refractivity contribution in [1.29, 1.82) is 0 Å². The molecule has 0 bridgehead atoms. The second-order valence-corrected chi connectivity index (χ2v) is 6.17. The van der Waals surface area contributed by atoms with Gasteiger partial charge in [-0.2, -0.15) is 13.2 Å². The molecule has 2 aromatic rings. The standard InChI is InChI=1S/C17H18F3N5O/c18-17(19,20)13-6-5-12(10-23-13)25-16(26)14-15(22-8-7-21-14)24-9-11-3-1-2-4-11/h5-8,10-11H,1-4,9H2,(H,22,24)(H,25,26). The highest BCUT2D eigenvalue weighted by molar-refractivity contribution is 6.05. The van der Waals surface area contributed by atoms with Crippen LogP contribution >= 0.6 is 0 Å². The number of alkyl halides is 3. The van der Waals surface area contributed by atoms with E-state index in [-0.39, 0.29) is 11.4 Å². The maximum atomic E-state index is 12.5. The fourth-order valence-electron chi connectivity index (χ4n) is 2.91. The van der Waals surface area contributed by atoms with Gasteiger partial charge in [0.15, 0.2) is 11.5 Å². The van der Waals surface area contributed by atoms with Crippen molar-refractivity contribution < 1.29 is 18.0 Å². The lowest BCUT2D eigenvalue weighted by atomic mass is 10.1. The van der Waals surface area contributed by atoms with E-state index in [2.05, 4.69) is 25.6 Å². The normalized spacial score (nSPS) is 15.0. The van der Waals surface area contributed by atoms with Gasteiger partial charge in [-0.15, -0.1) is 0 Å². The van der Waals surface area contributed by atoms with Crippen LogP contribution in [-0.2, 0) is 6.18 Å². The number of hydrogen-bond acceptors (Lipinski definition) is 5. The second-order valence-electron chi connectivity index (χ2n) is 6.17. The van der Waals surface area contributed by atoms with Crippen LogP contribution in [-0.4, -0.2) is 27.4 Å². The first kappa shape index (κ1) is 18.1. The number of rotatable bonds is 5. The summed E-state index contributed by atoms with van der Waals surface area (Å²) >= 11 is 0. The number of carbonyl (C=O) groups is 1. The number of anilines is 2. The maximum Gasteiger partial charge on any atom is 0.433 e. The Balaban J connectivity index is 1.67. The van der Waals surface area contributed by atoms with E-state index in [1.54, 1.807) is 0 Å². The van der Waals surface area contributed by atoms with Crippen LogP contribution in [0.3, 0.4) is 0 Å². The molecule has 2 aromatic heterocycles. The van der Waals surface area contributed by atoms with Gasteiger partial charge in [-0.3, -0.25) is 4.79 Å². The lowest BCUT2D eigenvalue weighted by Gasteiger charge is -2.13. The molecule has 1 fully saturated rings. The highest BCUT2D eigenvalue weighted by Gasteiger charge is 2.32. The van der Waals surface area contributed by atoms with Crippen LogP contribution in [0.1, 0.15) is 41.9 Å². The van der Waals surface area contributed by atoms with E-state index in [0.29, 0.717) is 18.3 Å². The minimum Gasteiger partial charge on any atom is -0.368 e. The molecule has 0 saturated heterocycles. The van der Waals surface area contributed by atoms with Crippen molar-refractivity contribution in [2.75, 3.05) is 17.2 Å². The van der Waals surface area contributed by atoms with Gasteiger partial charge in [-0.05, 0) is 30.9 Å². The number of pyridine rings is 1. The first-order valence-electron chi connectivity index (χ1n) is 8.33. The maximum absolute atomic E-state index is 12.5. The molecule has 1 saturated carbocycles. The summed E-state index contributed by atoms with van der Waals surface area (Å²) in [5.74, 6) is 0.345. The minimum absolute atomic E-state index is 0.0883. The summed E-state index contributed by atoms with van der Waals surface area (Å²) in [6, 6.07) is 1.96. The molecule has 0 atom stereocenters. The van der Waals surface area contributed by atoms with Crippen LogP contribution in [0, 0.1) is 5.92 Å². The molecule has 9 heteroatoms. The van der Waals surface area contributed by atoms with Gasteiger partial charge in [0.05, 0.1) is 11.9 Å². The Bertz CT molecular complexity index is 758. The van der Waals surface area contributed by atoms with Crippen LogP contribution in [0.15, 0.2) is 30.7 Å². The molecule has 2 heterocycles. The average Bonchev–Trinajstić information content (AvgIpc) is 3.13. The van der Waals surface area contributed by atoms with Crippen molar-refractivity contribution in [1.82, 2.24) is 15.0 Å². The second kappa shape index (κ2) is 7.67. The Morgan fingerprint density at radius 2 is 1.85 bits per heavy atom. The third-order valence-electron chi connectivity index (χ3n) is 4.26. The van der Waals surface area contributed by atoms with Crippen molar-refractivity contribution in [3.05, 3.63) is 42.1 Å². The molecule has 1 amide bonds. The van der Waals surface area contributed by atoms with Crippen LogP contribution in [0.2, 0.25) is 0 Å². The lowest BCUT2D eigenvalue weighted by Crippen LogP contribution is -2.20. The van der Waals surface area contributed by atoms with Crippen LogP contribution in [0.4, 0.5) is 24.7 Å². The molecule has 0 unspecified atom stereocenters. The Labute approximate surface area is 148 Å². The van der Waals surface area contributed by atoms with Gasteiger partial charge in [0.2, 0.25) is 0 Å². The van der Waals surface area contributed by atoms with Crippen molar-refractivity contribution in [3.63, 3.8) is 0 Å². The lowest BCUT2D eigenvalue weighted by molar-refractivity contribution is -0.141. The van der Waals surface area contributed by atoms with Crippen LogP contribution < -0.4 is 10.6 Å². The van der Waals surface area contributed by atoms with Gasteiger partial charge < -0.3 is 10.6 Å². The van der Waals surface area contributed by atoms with E-state index >= 15 is 0 Å². The molecule has 2 N–H and O–H groups in total. The summed E-state index contributed by atoms with van der Waals surface area (Å²) in [4.78, 5) is 23.9. The molecule has 1 aliphatic carbocycles. The van der Waals surface area contributed by atoms with Gasteiger partial charge in [0, 0.05) is 18.9 Å². The number of carbonyl (C=O) groups excluding carboxylic acids is 1. The quantitative estimate of drug-likeness (QED) is 0.844. The minimum atomic E-state index is -4.52. The zero-order chi connectivity index (χ0) is 18.6. The fourth-order valence-corrected chi connectivity index (χ4v) is 2.91. The van der Waals surface area contributed by atoms with Gasteiger partial charge in [-0.25, -0.2) is 15.0 Å². The summed E-state index contributed by atoms with van der Waals surface area (Å²) in [6.45, 7) is 0.709. The Morgan fingerprint density at radius 3 is 2.50 bits per heavy atom. The Hall–Kier alpha value is -2.71. The van der Waals surface area contributed by atoms with Gasteiger partial charge >= 0.3 is 6.18 Å². The number of hydrogen-bond donors (Lipinski definition) is 2.